The van der Waals surface area contributed by atoms with Crippen LogP contribution in [0.4, 0.5) is 5.69 Å². The van der Waals surface area contributed by atoms with Crippen molar-refractivity contribution >= 4 is 17.6 Å². The molecule has 0 spiro atoms. The minimum absolute atomic E-state index is 0.0177. The number of fused-ring (bicyclic) bond motifs is 1. The fourth-order valence-corrected chi connectivity index (χ4v) is 3.00. The predicted octanol–water partition coefficient (Wildman–Crippen LogP) is 3.53. The first-order valence-corrected chi connectivity index (χ1v) is 8.27. The maximum absolute atomic E-state index is 13.0. The fraction of sp³-hybridized carbons (Fsp3) is 0.556. The molecule has 0 bridgehead atoms. The van der Waals surface area contributed by atoms with Crippen LogP contribution in [-0.2, 0) is 9.59 Å². The number of aryl methyl sites for hydroxylation is 1. The topological polar surface area (TPSA) is 66.8 Å². The van der Waals surface area contributed by atoms with E-state index in [4.69, 9.17) is 9.84 Å². The highest BCUT2D eigenvalue weighted by atomic mass is 16.5. The average Bonchev–Trinajstić information content (AvgIpc) is 2.53. The van der Waals surface area contributed by atoms with Gasteiger partial charge in [0.15, 0.2) is 5.60 Å². The van der Waals surface area contributed by atoms with Crippen LogP contribution >= 0.6 is 0 Å². The van der Waals surface area contributed by atoms with Crippen molar-refractivity contribution in [3.63, 3.8) is 0 Å². The van der Waals surface area contributed by atoms with Crippen LogP contribution in [-0.4, -0.2) is 29.1 Å². The maximum atomic E-state index is 13.0. The van der Waals surface area contributed by atoms with Crippen molar-refractivity contribution < 1.29 is 19.4 Å². The Hall–Kier alpha value is -2.04. The minimum Gasteiger partial charge on any atom is -0.481 e. The molecule has 1 aliphatic heterocycles. The summed E-state index contributed by atoms with van der Waals surface area (Å²) in [6.07, 6.45) is 2.58. The smallest absolute Gasteiger partial charge is 0.303 e. The molecule has 1 N–H and O–H groups in total. The second-order valence-electron chi connectivity index (χ2n) is 6.08. The Kier molecular flexibility index (Phi) is 5.29. The monoisotopic (exact) mass is 319 g/mol. The molecule has 0 saturated carbocycles. The van der Waals surface area contributed by atoms with Crippen molar-refractivity contribution in [2.24, 2.45) is 0 Å². The summed E-state index contributed by atoms with van der Waals surface area (Å²) in [5.41, 5.74) is 1.05. The number of benzene rings is 1. The second-order valence-corrected chi connectivity index (χ2v) is 6.08. The van der Waals surface area contributed by atoms with Crippen molar-refractivity contribution in [2.75, 3.05) is 11.4 Å². The summed E-state index contributed by atoms with van der Waals surface area (Å²) < 4.78 is 6.07. The van der Waals surface area contributed by atoms with Gasteiger partial charge in [0.2, 0.25) is 0 Å². The van der Waals surface area contributed by atoms with E-state index in [-0.39, 0.29) is 12.3 Å². The molecular formula is C18H25NO4. The number of carbonyl (C=O) groups excluding carboxylic acids is 1. The lowest BCUT2D eigenvalue weighted by molar-refractivity contribution is -0.137. The molecule has 0 atom stereocenters. The molecular weight excluding hydrogens is 294 g/mol. The van der Waals surface area contributed by atoms with E-state index in [2.05, 4.69) is 0 Å². The lowest BCUT2D eigenvalue weighted by Crippen LogP contribution is -2.55. The van der Waals surface area contributed by atoms with E-state index in [1.807, 2.05) is 39.0 Å². The number of carboxylic acid groups (broad SMARTS) is 1. The Labute approximate surface area is 137 Å². The van der Waals surface area contributed by atoms with Gasteiger partial charge < -0.3 is 14.7 Å². The molecule has 1 heterocycles. The number of carboxylic acids is 1. The molecule has 0 saturated heterocycles. The van der Waals surface area contributed by atoms with Gasteiger partial charge in [-0.15, -0.1) is 0 Å². The summed E-state index contributed by atoms with van der Waals surface area (Å²) in [5.74, 6) is -0.0842. The largest absolute Gasteiger partial charge is 0.481 e. The van der Waals surface area contributed by atoms with Gasteiger partial charge in [-0.1, -0.05) is 19.9 Å². The zero-order chi connectivity index (χ0) is 17.0. The van der Waals surface area contributed by atoms with Crippen molar-refractivity contribution in [1.29, 1.82) is 0 Å². The van der Waals surface area contributed by atoms with Crippen LogP contribution in [0.15, 0.2) is 18.2 Å². The highest BCUT2D eigenvalue weighted by molar-refractivity contribution is 6.02. The second kappa shape index (κ2) is 7.02. The van der Waals surface area contributed by atoms with E-state index in [0.717, 1.165) is 17.0 Å². The molecule has 0 unspecified atom stereocenters. The molecule has 126 valence electrons. The first-order chi connectivity index (χ1) is 10.9. The molecule has 0 fully saturated rings. The Balaban J connectivity index is 2.27. The molecule has 1 amide bonds. The number of hydrogen-bond acceptors (Lipinski definition) is 3. The Morgan fingerprint density at radius 2 is 1.96 bits per heavy atom. The maximum Gasteiger partial charge on any atom is 0.303 e. The number of nitrogens with zero attached hydrogens (tertiary/aromatic N) is 1. The van der Waals surface area contributed by atoms with Crippen molar-refractivity contribution in [3.8, 4) is 5.75 Å². The SMILES string of the molecule is CCC1(CC)Oc2ccc(C)cc2N(CCCCC(=O)O)C1=O. The fourth-order valence-electron chi connectivity index (χ4n) is 3.00. The van der Waals surface area contributed by atoms with E-state index in [9.17, 15) is 9.59 Å². The molecule has 2 rings (SSSR count). The summed E-state index contributed by atoms with van der Waals surface area (Å²) in [4.78, 5) is 25.4. The van der Waals surface area contributed by atoms with Gasteiger partial charge in [-0.25, -0.2) is 0 Å². The Morgan fingerprint density at radius 1 is 1.26 bits per heavy atom. The van der Waals surface area contributed by atoms with Gasteiger partial charge >= 0.3 is 5.97 Å². The lowest BCUT2D eigenvalue weighted by Gasteiger charge is -2.42. The number of carbonyl (C=O) groups is 2. The van der Waals surface area contributed by atoms with Crippen molar-refractivity contribution in [2.45, 2.75) is 58.5 Å². The third kappa shape index (κ3) is 3.49. The van der Waals surface area contributed by atoms with Gasteiger partial charge in [0.25, 0.3) is 5.91 Å². The van der Waals surface area contributed by atoms with Crippen LogP contribution in [0.25, 0.3) is 0 Å². The summed E-state index contributed by atoms with van der Waals surface area (Å²) in [7, 11) is 0. The van der Waals surface area contributed by atoms with Gasteiger partial charge in [0.05, 0.1) is 5.69 Å². The first-order valence-electron chi connectivity index (χ1n) is 8.27. The standard InChI is InChI=1S/C18H25NO4/c1-4-18(5-2)17(22)19(11-7-6-8-16(20)21)14-12-13(3)9-10-15(14)23-18/h9-10,12H,4-8,11H2,1-3H3,(H,20,21). The number of rotatable bonds is 7. The highest BCUT2D eigenvalue weighted by Crippen LogP contribution is 2.41. The molecule has 1 aromatic carbocycles. The van der Waals surface area contributed by atoms with E-state index < -0.39 is 11.6 Å². The predicted molar refractivity (Wildman–Crippen MR) is 89.0 cm³/mol. The number of amides is 1. The Bertz CT molecular complexity index is 593. The van der Waals surface area contributed by atoms with Crippen LogP contribution in [0, 0.1) is 6.92 Å². The van der Waals surface area contributed by atoms with Crippen LogP contribution in [0.1, 0.15) is 51.5 Å². The van der Waals surface area contributed by atoms with Crippen molar-refractivity contribution in [1.82, 2.24) is 0 Å². The minimum atomic E-state index is -0.810. The molecule has 0 radical (unpaired) electrons. The van der Waals surface area contributed by atoms with Crippen molar-refractivity contribution in [3.05, 3.63) is 23.8 Å². The molecule has 1 aliphatic rings. The molecule has 23 heavy (non-hydrogen) atoms. The van der Waals surface area contributed by atoms with Crippen LogP contribution in [0.5, 0.6) is 5.75 Å². The number of hydrogen-bond donors (Lipinski definition) is 1. The number of unbranched alkanes of at least 4 members (excludes halogenated alkanes) is 1. The normalized spacial score (nSPS) is 16.0. The average molecular weight is 319 g/mol. The van der Waals surface area contributed by atoms with Gasteiger partial charge in [0, 0.05) is 13.0 Å². The Morgan fingerprint density at radius 3 is 2.57 bits per heavy atom. The van der Waals surface area contributed by atoms with Gasteiger partial charge in [-0.2, -0.15) is 0 Å². The summed E-state index contributed by atoms with van der Waals surface area (Å²) in [5, 5.41) is 8.76. The quantitative estimate of drug-likeness (QED) is 0.781. The van der Waals surface area contributed by atoms with Crippen LogP contribution in [0.2, 0.25) is 0 Å². The number of ether oxygens (including phenoxy) is 1. The van der Waals surface area contributed by atoms with Gasteiger partial charge in [0.1, 0.15) is 5.75 Å². The summed E-state index contributed by atoms with van der Waals surface area (Å²) in [6.45, 7) is 6.43. The summed E-state index contributed by atoms with van der Waals surface area (Å²) >= 11 is 0. The molecule has 0 aromatic heterocycles. The molecule has 5 nitrogen and oxygen atoms in total. The zero-order valence-electron chi connectivity index (χ0n) is 14.1. The van der Waals surface area contributed by atoms with Gasteiger partial charge in [-0.3, -0.25) is 9.59 Å². The summed E-state index contributed by atoms with van der Waals surface area (Å²) in [6, 6.07) is 5.86. The van der Waals surface area contributed by atoms with E-state index in [1.54, 1.807) is 4.90 Å². The lowest BCUT2D eigenvalue weighted by atomic mass is 9.92. The number of anilines is 1. The third-order valence-electron chi connectivity index (χ3n) is 4.51. The molecule has 1 aromatic rings. The molecule has 5 heteroatoms. The molecule has 0 aliphatic carbocycles. The van der Waals surface area contributed by atoms with E-state index in [0.29, 0.717) is 32.2 Å². The van der Waals surface area contributed by atoms with Crippen LogP contribution < -0.4 is 9.64 Å². The first kappa shape index (κ1) is 17.3. The van der Waals surface area contributed by atoms with E-state index in [1.165, 1.54) is 0 Å². The highest BCUT2D eigenvalue weighted by Gasteiger charge is 2.45. The van der Waals surface area contributed by atoms with E-state index >= 15 is 0 Å². The number of aliphatic carboxylic acids is 1. The van der Waals surface area contributed by atoms with Gasteiger partial charge in [-0.05, 0) is 50.3 Å². The zero-order valence-corrected chi connectivity index (χ0v) is 14.1. The third-order valence-corrected chi connectivity index (χ3v) is 4.51. The van der Waals surface area contributed by atoms with Crippen LogP contribution in [0.3, 0.4) is 0 Å².